The average molecular weight is 319 g/mol. The molecule has 0 bridgehead atoms. The van der Waals surface area contributed by atoms with Crippen LogP contribution in [-0.2, 0) is 21.3 Å². The zero-order chi connectivity index (χ0) is 13.7. The number of methoxy groups -OCH3 is 1. The van der Waals surface area contributed by atoms with E-state index in [9.17, 15) is 13.6 Å². The normalized spacial score (nSPS) is 10.2. The maximum Gasteiger partial charge on any atom is 0.310 e. The minimum atomic E-state index is -2.76. The van der Waals surface area contributed by atoms with Crippen molar-refractivity contribution in [2.45, 2.75) is 18.2 Å². The first-order chi connectivity index (χ1) is 8.53. The second kappa shape index (κ2) is 6.40. The minimum absolute atomic E-state index is 0.127. The van der Waals surface area contributed by atoms with Gasteiger partial charge in [-0.15, -0.1) is 0 Å². The van der Waals surface area contributed by atoms with Crippen LogP contribution < -0.4 is 0 Å². The lowest BCUT2D eigenvalue weighted by Gasteiger charge is -2.09. The first-order valence-electron chi connectivity index (χ1n) is 4.87. The first kappa shape index (κ1) is 14.5. The Labute approximate surface area is 111 Å². The number of rotatable bonds is 4. The molecule has 96 valence electrons. The van der Waals surface area contributed by atoms with Crippen molar-refractivity contribution in [3.8, 4) is 6.07 Å². The smallest absolute Gasteiger partial charge is 0.310 e. The van der Waals surface area contributed by atoms with Crippen molar-refractivity contribution >= 4 is 21.9 Å². The molecule has 0 saturated carbocycles. The molecule has 1 aromatic heterocycles. The fourth-order valence-corrected chi connectivity index (χ4v) is 1.80. The van der Waals surface area contributed by atoms with Gasteiger partial charge in [0.1, 0.15) is 11.8 Å². The highest BCUT2D eigenvalue weighted by atomic mass is 79.9. The molecule has 0 saturated heterocycles. The number of hydrogen-bond acceptors (Lipinski definition) is 4. The minimum Gasteiger partial charge on any atom is -0.469 e. The molecule has 1 rings (SSSR count). The Morgan fingerprint density at radius 1 is 1.67 bits per heavy atom. The van der Waals surface area contributed by atoms with Crippen LogP contribution in [0.5, 0.6) is 0 Å². The summed E-state index contributed by atoms with van der Waals surface area (Å²) in [6.45, 7) is 0. The second-order valence-electron chi connectivity index (χ2n) is 3.33. The van der Waals surface area contributed by atoms with Crippen molar-refractivity contribution in [1.29, 1.82) is 5.26 Å². The van der Waals surface area contributed by atoms with E-state index < -0.39 is 18.1 Å². The van der Waals surface area contributed by atoms with Gasteiger partial charge in [0.15, 0.2) is 0 Å². The van der Waals surface area contributed by atoms with Crippen molar-refractivity contribution in [2.75, 3.05) is 7.11 Å². The highest BCUT2D eigenvalue weighted by Crippen LogP contribution is 2.23. The molecule has 4 nitrogen and oxygen atoms in total. The zero-order valence-corrected chi connectivity index (χ0v) is 11.0. The molecule has 0 atom stereocenters. The maximum atomic E-state index is 12.6. The van der Waals surface area contributed by atoms with Crippen molar-refractivity contribution in [1.82, 2.24) is 4.98 Å². The van der Waals surface area contributed by atoms with Crippen molar-refractivity contribution in [3.63, 3.8) is 0 Å². The number of nitriles is 1. The lowest BCUT2D eigenvalue weighted by molar-refractivity contribution is -0.139. The van der Waals surface area contributed by atoms with Crippen LogP contribution in [0.25, 0.3) is 0 Å². The molecule has 0 aliphatic heterocycles. The molecule has 1 aromatic rings. The summed E-state index contributed by atoms with van der Waals surface area (Å²) in [7, 11) is 1.19. The highest BCUT2D eigenvalue weighted by Gasteiger charge is 2.18. The number of carbonyl (C=O) groups excluding carboxylic acids is 1. The second-order valence-corrected chi connectivity index (χ2v) is 3.89. The van der Waals surface area contributed by atoms with Crippen LogP contribution in [0.3, 0.4) is 0 Å². The molecule has 0 amide bonds. The molecule has 0 N–H and O–H groups in total. The summed E-state index contributed by atoms with van der Waals surface area (Å²) in [5, 5.41) is 9.15. The summed E-state index contributed by atoms with van der Waals surface area (Å²) in [6.07, 6.45) is -2.99. The zero-order valence-electron chi connectivity index (χ0n) is 9.41. The van der Waals surface area contributed by atoms with Crippen molar-refractivity contribution in [2.24, 2.45) is 0 Å². The molecular weight excluding hydrogens is 310 g/mol. The molecule has 0 aliphatic rings. The average Bonchev–Trinajstić information content (AvgIpc) is 2.37. The number of ether oxygens (including phenoxy) is 1. The number of esters is 1. The van der Waals surface area contributed by atoms with Gasteiger partial charge in [0, 0.05) is 5.33 Å². The van der Waals surface area contributed by atoms with Crippen molar-refractivity contribution < 1.29 is 18.3 Å². The monoisotopic (exact) mass is 318 g/mol. The van der Waals surface area contributed by atoms with Gasteiger partial charge in [-0.2, -0.15) is 5.26 Å². The third-order valence-corrected chi connectivity index (χ3v) is 2.75. The van der Waals surface area contributed by atoms with Gasteiger partial charge in [0.05, 0.1) is 24.8 Å². The van der Waals surface area contributed by atoms with E-state index in [4.69, 9.17) is 5.26 Å². The lowest BCUT2D eigenvalue weighted by Crippen LogP contribution is -2.10. The van der Waals surface area contributed by atoms with Gasteiger partial charge >= 0.3 is 5.97 Å². The third kappa shape index (κ3) is 3.23. The molecule has 0 fully saturated rings. The molecular formula is C11H9BrF2N2O2. The molecule has 7 heteroatoms. The number of alkyl halides is 3. The number of aromatic nitrogens is 1. The van der Waals surface area contributed by atoms with Gasteiger partial charge in [-0.05, 0) is 11.6 Å². The molecule has 0 radical (unpaired) electrons. The van der Waals surface area contributed by atoms with Crippen LogP contribution in [0.4, 0.5) is 8.78 Å². The van der Waals surface area contributed by atoms with Gasteiger partial charge in [-0.1, -0.05) is 15.9 Å². The largest absolute Gasteiger partial charge is 0.469 e. The fraction of sp³-hybridized carbons (Fsp3) is 0.364. The maximum absolute atomic E-state index is 12.6. The van der Waals surface area contributed by atoms with Crippen LogP contribution in [-0.4, -0.2) is 18.1 Å². The van der Waals surface area contributed by atoms with E-state index in [1.807, 2.05) is 6.07 Å². The molecule has 1 heterocycles. The standard InChI is InChI=1S/C11H9BrF2N2O2/c1-18-10(17)3-6-2-8(11(13)14)16-9(4-12)7(6)5-15/h2,11H,3-4H2,1H3. The topological polar surface area (TPSA) is 63.0 Å². The SMILES string of the molecule is COC(=O)Cc1cc(C(F)F)nc(CBr)c1C#N. The summed E-state index contributed by atoms with van der Waals surface area (Å²) >= 11 is 3.08. The van der Waals surface area contributed by atoms with E-state index in [1.54, 1.807) is 0 Å². The summed E-state index contributed by atoms with van der Waals surface area (Å²) in [5.41, 5.74) is 0.0577. The number of pyridine rings is 1. The van der Waals surface area contributed by atoms with Crippen molar-refractivity contribution in [3.05, 3.63) is 28.6 Å². The van der Waals surface area contributed by atoms with Crippen LogP contribution >= 0.6 is 15.9 Å². The van der Waals surface area contributed by atoms with Gasteiger partial charge in [-0.25, -0.2) is 13.8 Å². The van der Waals surface area contributed by atoms with E-state index in [1.165, 1.54) is 7.11 Å². The Morgan fingerprint density at radius 2 is 2.33 bits per heavy atom. The van der Waals surface area contributed by atoms with Gasteiger partial charge in [0.2, 0.25) is 0 Å². The number of halogens is 3. The number of hydrogen-bond donors (Lipinski definition) is 0. The van der Waals surface area contributed by atoms with Crippen LogP contribution in [0.15, 0.2) is 6.07 Å². The lowest BCUT2D eigenvalue weighted by atomic mass is 10.0. The van der Waals surface area contributed by atoms with Gasteiger partial charge < -0.3 is 4.74 Å². The Bertz CT molecular complexity index is 501. The van der Waals surface area contributed by atoms with Gasteiger partial charge in [0.25, 0.3) is 6.43 Å². The quantitative estimate of drug-likeness (QED) is 0.632. The van der Waals surface area contributed by atoms with E-state index in [0.29, 0.717) is 0 Å². The Hall–Kier alpha value is -1.55. The van der Waals surface area contributed by atoms with Crippen LogP contribution in [0.2, 0.25) is 0 Å². The van der Waals surface area contributed by atoms with E-state index in [0.717, 1.165) is 6.07 Å². The molecule has 0 unspecified atom stereocenters. The third-order valence-electron chi connectivity index (χ3n) is 2.22. The first-order valence-corrected chi connectivity index (χ1v) is 5.99. The molecule has 0 aromatic carbocycles. The van der Waals surface area contributed by atoms with Crippen LogP contribution in [0, 0.1) is 11.3 Å². The molecule has 0 aliphatic carbocycles. The molecule has 18 heavy (non-hydrogen) atoms. The highest BCUT2D eigenvalue weighted by molar-refractivity contribution is 9.08. The summed E-state index contributed by atoms with van der Waals surface area (Å²) in [5.74, 6) is -0.599. The van der Waals surface area contributed by atoms with E-state index in [-0.39, 0.29) is 28.6 Å². The van der Waals surface area contributed by atoms with E-state index in [2.05, 4.69) is 25.7 Å². The Kier molecular flexibility index (Phi) is 5.16. The summed E-state index contributed by atoms with van der Waals surface area (Å²) in [4.78, 5) is 14.9. The predicted octanol–water partition coefficient (Wildman–Crippen LogP) is 2.50. The fourth-order valence-electron chi connectivity index (χ4n) is 1.39. The molecule has 0 spiro atoms. The number of nitrogens with zero attached hydrogens (tertiary/aromatic N) is 2. The summed E-state index contributed by atoms with van der Waals surface area (Å²) < 4.78 is 29.7. The predicted molar refractivity (Wildman–Crippen MR) is 62.3 cm³/mol. The van der Waals surface area contributed by atoms with E-state index >= 15 is 0 Å². The summed E-state index contributed by atoms with van der Waals surface area (Å²) in [6, 6.07) is 2.93. The van der Waals surface area contributed by atoms with Gasteiger partial charge in [-0.3, -0.25) is 4.79 Å². The Balaban J connectivity index is 3.32. The van der Waals surface area contributed by atoms with Crippen LogP contribution in [0.1, 0.15) is 28.9 Å². The Morgan fingerprint density at radius 3 is 2.78 bits per heavy atom. The number of carbonyl (C=O) groups is 1.